The molecule has 0 saturated heterocycles. The number of benzene rings is 2. The highest BCUT2D eigenvalue weighted by Gasteiger charge is 2.29. The van der Waals surface area contributed by atoms with E-state index < -0.39 is 11.7 Å². The second-order valence-electron chi connectivity index (χ2n) is 6.69. The summed E-state index contributed by atoms with van der Waals surface area (Å²) in [5.74, 6) is 1.66. The van der Waals surface area contributed by atoms with Gasteiger partial charge in [-0.3, -0.25) is 0 Å². The second kappa shape index (κ2) is 8.86. The van der Waals surface area contributed by atoms with Crippen LogP contribution in [0.25, 0.3) is 0 Å². The summed E-state index contributed by atoms with van der Waals surface area (Å²) < 4.78 is 44.0. The maximum absolute atomic E-state index is 12.7. The maximum atomic E-state index is 12.7. The summed E-state index contributed by atoms with van der Waals surface area (Å²) in [6, 6.07) is 12.9. The molecule has 0 radical (unpaired) electrons. The predicted octanol–water partition coefficient (Wildman–Crippen LogP) is 6.76. The van der Waals surface area contributed by atoms with Crippen LogP contribution in [0, 0.1) is 13.8 Å². The van der Waals surface area contributed by atoms with E-state index in [9.17, 15) is 13.2 Å². The highest BCUT2D eigenvalue weighted by atomic mass is 32.2. The van der Waals surface area contributed by atoms with E-state index in [1.54, 1.807) is 0 Å². The van der Waals surface area contributed by atoms with E-state index in [4.69, 9.17) is 4.74 Å². The minimum Gasteiger partial charge on any atom is -0.439 e. The molecule has 0 aliphatic carbocycles. The third-order valence-corrected chi connectivity index (χ3v) is 5.21. The molecule has 0 spiro atoms. The molecule has 0 amide bonds. The Morgan fingerprint density at radius 3 is 2.31 bits per heavy atom. The maximum Gasteiger partial charge on any atom is 0.416 e. The molecule has 0 N–H and O–H groups in total. The highest BCUT2D eigenvalue weighted by molar-refractivity contribution is 7.98. The lowest BCUT2D eigenvalue weighted by molar-refractivity contribution is -0.137. The molecule has 3 rings (SSSR count). The Morgan fingerprint density at radius 1 is 0.966 bits per heavy atom. The van der Waals surface area contributed by atoms with Crippen molar-refractivity contribution in [2.75, 3.05) is 0 Å². The molecule has 0 fully saturated rings. The van der Waals surface area contributed by atoms with Crippen LogP contribution in [0.4, 0.5) is 13.2 Å². The normalized spacial score (nSPS) is 11.5. The molecule has 0 unspecified atom stereocenters. The van der Waals surface area contributed by atoms with Crippen LogP contribution in [0.2, 0.25) is 0 Å². The lowest BCUT2D eigenvalue weighted by Gasteiger charge is -2.11. The Morgan fingerprint density at radius 2 is 1.69 bits per heavy atom. The van der Waals surface area contributed by atoms with Crippen LogP contribution in [0.1, 0.15) is 34.9 Å². The van der Waals surface area contributed by atoms with Crippen LogP contribution in [0.3, 0.4) is 0 Å². The van der Waals surface area contributed by atoms with Gasteiger partial charge < -0.3 is 4.74 Å². The molecule has 3 aromatic rings. The first-order valence-corrected chi connectivity index (χ1v) is 10.1. The van der Waals surface area contributed by atoms with Gasteiger partial charge >= 0.3 is 6.18 Å². The van der Waals surface area contributed by atoms with E-state index in [-0.39, 0.29) is 0 Å². The summed E-state index contributed by atoms with van der Waals surface area (Å²) >= 11 is 1.36. The molecule has 0 bridgehead atoms. The van der Waals surface area contributed by atoms with E-state index >= 15 is 0 Å². The van der Waals surface area contributed by atoms with Crippen LogP contribution < -0.4 is 4.74 Å². The quantitative estimate of drug-likeness (QED) is 0.327. The van der Waals surface area contributed by atoms with Crippen LogP contribution in [0.15, 0.2) is 53.7 Å². The third kappa shape index (κ3) is 5.73. The first-order valence-electron chi connectivity index (χ1n) is 9.16. The first kappa shape index (κ1) is 21.2. The lowest BCUT2D eigenvalue weighted by Crippen LogP contribution is -2.04. The van der Waals surface area contributed by atoms with E-state index in [0.717, 1.165) is 46.7 Å². The summed E-state index contributed by atoms with van der Waals surface area (Å²) in [6.07, 6.45) is -3.61. The van der Waals surface area contributed by atoms with E-state index in [1.807, 2.05) is 45.0 Å². The Bertz CT molecular complexity index is 988. The van der Waals surface area contributed by atoms with Gasteiger partial charge in [-0.1, -0.05) is 48.5 Å². The number of hydrogen-bond acceptors (Lipinski definition) is 4. The summed E-state index contributed by atoms with van der Waals surface area (Å²) in [5, 5.41) is 0.531. The van der Waals surface area contributed by atoms with Gasteiger partial charge in [-0.15, -0.1) is 0 Å². The molecule has 29 heavy (non-hydrogen) atoms. The van der Waals surface area contributed by atoms with Crippen molar-refractivity contribution in [1.29, 1.82) is 0 Å². The number of rotatable bonds is 6. The molecule has 1 heterocycles. The van der Waals surface area contributed by atoms with Crippen LogP contribution in [0.5, 0.6) is 11.6 Å². The molecule has 0 atom stereocenters. The SMILES string of the molecule is CCc1cc(Oc2ccc(C)cc2C)nc(SCc2ccc(C(F)(F)F)cc2)n1. The van der Waals surface area contributed by atoms with Gasteiger partial charge in [0, 0.05) is 17.5 Å². The number of halogens is 3. The van der Waals surface area contributed by atoms with Gasteiger partial charge in [-0.05, 0) is 49.6 Å². The highest BCUT2D eigenvalue weighted by Crippen LogP contribution is 2.31. The summed E-state index contributed by atoms with van der Waals surface area (Å²) in [5.41, 5.74) is 3.12. The monoisotopic (exact) mass is 418 g/mol. The smallest absolute Gasteiger partial charge is 0.416 e. The molecule has 152 valence electrons. The van der Waals surface area contributed by atoms with Crippen molar-refractivity contribution in [3.05, 3.63) is 76.5 Å². The standard InChI is InChI=1S/C22H21F3N2OS/c1-4-18-12-20(28-19-10-5-14(2)11-15(19)3)27-21(26-18)29-13-16-6-8-17(9-7-16)22(23,24)25/h5-12H,4,13H2,1-3H3. The van der Waals surface area contributed by atoms with Crippen molar-refractivity contribution in [3.63, 3.8) is 0 Å². The average molecular weight is 418 g/mol. The van der Waals surface area contributed by atoms with Gasteiger partial charge in [-0.2, -0.15) is 18.2 Å². The van der Waals surface area contributed by atoms with E-state index in [1.165, 1.54) is 23.9 Å². The van der Waals surface area contributed by atoms with Crippen LogP contribution in [-0.2, 0) is 18.3 Å². The molecule has 1 aromatic heterocycles. The minimum absolute atomic E-state index is 0.457. The number of aryl methyl sites for hydroxylation is 3. The largest absolute Gasteiger partial charge is 0.439 e. The van der Waals surface area contributed by atoms with Gasteiger partial charge in [0.25, 0.3) is 0 Å². The Labute approximate surface area is 172 Å². The van der Waals surface area contributed by atoms with Gasteiger partial charge in [0.15, 0.2) is 5.16 Å². The van der Waals surface area contributed by atoms with Gasteiger partial charge in [0.05, 0.1) is 5.56 Å². The number of ether oxygens (including phenoxy) is 1. The zero-order chi connectivity index (χ0) is 21.0. The molecule has 0 aliphatic heterocycles. The topological polar surface area (TPSA) is 35.0 Å². The molecule has 3 nitrogen and oxygen atoms in total. The summed E-state index contributed by atoms with van der Waals surface area (Å²) in [7, 11) is 0. The lowest BCUT2D eigenvalue weighted by atomic mass is 10.1. The molecule has 0 saturated carbocycles. The van der Waals surface area contributed by atoms with Crippen molar-refractivity contribution in [1.82, 2.24) is 9.97 Å². The second-order valence-corrected chi connectivity index (χ2v) is 7.63. The predicted molar refractivity (Wildman–Crippen MR) is 108 cm³/mol. The summed E-state index contributed by atoms with van der Waals surface area (Å²) in [6.45, 7) is 5.99. The molecule has 2 aromatic carbocycles. The van der Waals surface area contributed by atoms with Crippen LogP contribution >= 0.6 is 11.8 Å². The van der Waals surface area contributed by atoms with Gasteiger partial charge in [0.1, 0.15) is 5.75 Å². The average Bonchev–Trinajstić information content (AvgIpc) is 2.68. The third-order valence-electron chi connectivity index (χ3n) is 4.29. The number of nitrogens with zero attached hydrogens (tertiary/aromatic N) is 2. The van der Waals surface area contributed by atoms with E-state index in [0.29, 0.717) is 16.8 Å². The molecular formula is C22H21F3N2OS. The summed E-state index contributed by atoms with van der Waals surface area (Å²) in [4.78, 5) is 8.96. The fourth-order valence-corrected chi connectivity index (χ4v) is 3.54. The van der Waals surface area contributed by atoms with Gasteiger partial charge in [0.2, 0.25) is 5.88 Å². The molecular weight excluding hydrogens is 397 g/mol. The van der Waals surface area contributed by atoms with Crippen molar-refractivity contribution in [3.8, 4) is 11.6 Å². The Kier molecular flexibility index (Phi) is 6.47. The number of aromatic nitrogens is 2. The van der Waals surface area contributed by atoms with E-state index in [2.05, 4.69) is 9.97 Å². The van der Waals surface area contributed by atoms with Crippen molar-refractivity contribution >= 4 is 11.8 Å². The zero-order valence-corrected chi connectivity index (χ0v) is 17.2. The van der Waals surface area contributed by atoms with Gasteiger partial charge in [-0.25, -0.2) is 4.98 Å². The Balaban J connectivity index is 1.75. The minimum atomic E-state index is -4.33. The van der Waals surface area contributed by atoms with Crippen LogP contribution in [-0.4, -0.2) is 9.97 Å². The van der Waals surface area contributed by atoms with Crippen molar-refractivity contribution in [2.45, 2.75) is 44.3 Å². The molecule has 0 aliphatic rings. The Hall–Kier alpha value is -2.54. The fourth-order valence-electron chi connectivity index (χ4n) is 2.71. The number of alkyl halides is 3. The zero-order valence-electron chi connectivity index (χ0n) is 16.4. The fraction of sp³-hybridized carbons (Fsp3) is 0.273. The van der Waals surface area contributed by atoms with Crippen molar-refractivity contribution in [2.24, 2.45) is 0 Å². The number of hydrogen-bond donors (Lipinski definition) is 0. The first-order chi connectivity index (χ1) is 13.7. The molecule has 7 heteroatoms. The van der Waals surface area contributed by atoms with Crippen molar-refractivity contribution < 1.29 is 17.9 Å². The number of thioether (sulfide) groups is 1.